The SMILES string of the molecule is COc1ccc(CNC(=O)c2c(C)cc(Br)cc2I)c(OC)c1. The third-order valence-electron chi connectivity index (χ3n) is 3.41. The van der Waals surface area contributed by atoms with E-state index in [9.17, 15) is 4.79 Å². The van der Waals surface area contributed by atoms with Gasteiger partial charge in [0.15, 0.2) is 0 Å². The summed E-state index contributed by atoms with van der Waals surface area (Å²) in [5.74, 6) is 1.30. The zero-order chi connectivity index (χ0) is 17.0. The standard InChI is InChI=1S/C17H17BrINO3/c1-10-6-12(18)7-14(19)16(10)17(21)20-9-11-4-5-13(22-2)8-15(11)23-3/h4-8H,9H2,1-3H3,(H,20,21). The first kappa shape index (κ1) is 18.1. The van der Waals surface area contributed by atoms with Crippen LogP contribution in [-0.4, -0.2) is 20.1 Å². The van der Waals surface area contributed by atoms with Gasteiger partial charge in [0.2, 0.25) is 0 Å². The van der Waals surface area contributed by atoms with E-state index in [1.54, 1.807) is 20.3 Å². The fraction of sp³-hybridized carbons (Fsp3) is 0.235. The number of carbonyl (C=O) groups is 1. The van der Waals surface area contributed by atoms with Crippen molar-refractivity contribution in [3.8, 4) is 11.5 Å². The normalized spacial score (nSPS) is 10.3. The van der Waals surface area contributed by atoms with Gasteiger partial charge in [0.1, 0.15) is 11.5 Å². The van der Waals surface area contributed by atoms with E-state index in [1.807, 2.05) is 31.2 Å². The lowest BCUT2D eigenvalue weighted by atomic mass is 10.1. The Balaban J connectivity index is 2.17. The molecule has 4 nitrogen and oxygen atoms in total. The highest BCUT2D eigenvalue weighted by Gasteiger charge is 2.15. The van der Waals surface area contributed by atoms with E-state index in [4.69, 9.17) is 9.47 Å². The van der Waals surface area contributed by atoms with Crippen LogP contribution >= 0.6 is 38.5 Å². The van der Waals surface area contributed by atoms with Gasteiger partial charge in [0.05, 0.1) is 19.8 Å². The molecule has 0 saturated carbocycles. The molecule has 1 N–H and O–H groups in total. The first-order valence-corrected chi connectivity index (χ1v) is 8.78. The van der Waals surface area contributed by atoms with Crippen LogP contribution in [0.15, 0.2) is 34.8 Å². The molecule has 0 fully saturated rings. The molecule has 2 rings (SSSR count). The molecule has 0 aliphatic rings. The first-order valence-electron chi connectivity index (χ1n) is 6.91. The minimum absolute atomic E-state index is 0.0997. The largest absolute Gasteiger partial charge is 0.497 e. The van der Waals surface area contributed by atoms with Crippen LogP contribution in [0.5, 0.6) is 11.5 Å². The third kappa shape index (κ3) is 4.38. The Hall–Kier alpha value is -1.28. The zero-order valence-electron chi connectivity index (χ0n) is 13.1. The maximum absolute atomic E-state index is 12.5. The molecule has 0 heterocycles. The third-order valence-corrected chi connectivity index (χ3v) is 4.72. The number of ether oxygens (including phenoxy) is 2. The molecule has 0 bridgehead atoms. The van der Waals surface area contributed by atoms with Crippen LogP contribution in [0.4, 0.5) is 0 Å². The minimum atomic E-state index is -0.0997. The Bertz CT molecular complexity index is 711. The summed E-state index contributed by atoms with van der Waals surface area (Å²) in [5, 5.41) is 2.95. The van der Waals surface area contributed by atoms with Crippen molar-refractivity contribution in [1.82, 2.24) is 5.32 Å². The topological polar surface area (TPSA) is 47.6 Å². The molecule has 6 heteroatoms. The smallest absolute Gasteiger partial charge is 0.252 e. The van der Waals surface area contributed by atoms with Gasteiger partial charge in [-0.25, -0.2) is 0 Å². The molecule has 0 aliphatic carbocycles. The number of hydrogen-bond acceptors (Lipinski definition) is 3. The lowest BCUT2D eigenvalue weighted by molar-refractivity contribution is 0.0949. The lowest BCUT2D eigenvalue weighted by Gasteiger charge is -2.13. The van der Waals surface area contributed by atoms with Crippen LogP contribution in [0.3, 0.4) is 0 Å². The second-order valence-corrected chi connectivity index (χ2v) is 7.02. The van der Waals surface area contributed by atoms with Crippen molar-refractivity contribution in [2.45, 2.75) is 13.5 Å². The molecule has 0 spiro atoms. The predicted molar refractivity (Wildman–Crippen MR) is 102 cm³/mol. The Morgan fingerprint density at radius 3 is 2.57 bits per heavy atom. The van der Waals surface area contributed by atoms with Crippen molar-refractivity contribution in [1.29, 1.82) is 0 Å². The highest BCUT2D eigenvalue weighted by molar-refractivity contribution is 14.1. The van der Waals surface area contributed by atoms with Gasteiger partial charge in [-0.15, -0.1) is 0 Å². The van der Waals surface area contributed by atoms with Gasteiger partial charge in [-0.3, -0.25) is 4.79 Å². The number of hydrogen-bond donors (Lipinski definition) is 1. The van der Waals surface area contributed by atoms with Crippen molar-refractivity contribution >= 4 is 44.4 Å². The lowest BCUT2D eigenvalue weighted by Crippen LogP contribution is -2.24. The van der Waals surface area contributed by atoms with Crippen molar-refractivity contribution in [3.63, 3.8) is 0 Å². The summed E-state index contributed by atoms with van der Waals surface area (Å²) in [6, 6.07) is 9.40. The summed E-state index contributed by atoms with van der Waals surface area (Å²) in [6.07, 6.45) is 0. The second kappa shape index (κ2) is 8.01. The number of nitrogens with one attached hydrogen (secondary N) is 1. The van der Waals surface area contributed by atoms with Crippen LogP contribution in [-0.2, 0) is 6.54 Å². The van der Waals surface area contributed by atoms with Crippen LogP contribution in [0, 0.1) is 10.5 Å². The van der Waals surface area contributed by atoms with Crippen molar-refractivity contribution in [3.05, 3.63) is 55.1 Å². The molecular weight excluding hydrogens is 473 g/mol. The van der Waals surface area contributed by atoms with Gasteiger partial charge in [0.25, 0.3) is 5.91 Å². The molecule has 2 aromatic rings. The number of carbonyl (C=O) groups excluding carboxylic acids is 1. The second-order valence-electron chi connectivity index (χ2n) is 4.94. The van der Waals surface area contributed by atoms with Gasteiger partial charge in [-0.05, 0) is 59.3 Å². The monoisotopic (exact) mass is 489 g/mol. The summed E-state index contributed by atoms with van der Waals surface area (Å²) in [7, 11) is 3.20. The van der Waals surface area contributed by atoms with Crippen LogP contribution < -0.4 is 14.8 Å². The summed E-state index contributed by atoms with van der Waals surface area (Å²) in [6.45, 7) is 2.31. The van der Waals surface area contributed by atoms with Crippen LogP contribution in [0.2, 0.25) is 0 Å². The van der Waals surface area contributed by atoms with Gasteiger partial charge < -0.3 is 14.8 Å². The molecule has 2 aromatic carbocycles. The number of amides is 1. The molecular formula is C17H17BrINO3. The maximum Gasteiger partial charge on any atom is 0.252 e. The van der Waals surface area contributed by atoms with Crippen molar-refractivity contribution in [2.75, 3.05) is 14.2 Å². The average Bonchev–Trinajstić information content (AvgIpc) is 2.51. The van der Waals surface area contributed by atoms with Crippen molar-refractivity contribution in [2.24, 2.45) is 0 Å². The molecule has 0 radical (unpaired) electrons. The summed E-state index contributed by atoms with van der Waals surface area (Å²) >= 11 is 5.61. The fourth-order valence-electron chi connectivity index (χ4n) is 2.25. The number of rotatable bonds is 5. The maximum atomic E-state index is 12.5. The van der Waals surface area contributed by atoms with E-state index < -0.39 is 0 Å². The molecule has 0 atom stereocenters. The van der Waals surface area contributed by atoms with Gasteiger partial charge in [0, 0.05) is 26.2 Å². The summed E-state index contributed by atoms with van der Waals surface area (Å²) < 4.78 is 12.4. The number of aryl methyl sites for hydroxylation is 1. The average molecular weight is 490 g/mol. The molecule has 0 aromatic heterocycles. The highest BCUT2D eigenvalue weighted by atomic mass is 127. The van der Waals surface area contributed by atoms with E-state index in [2.05, 4.69) is 43.8 Å². The highest BCUT2D eigenvalue weighted by Crippen LogP contribution is 2.25. The Morgan fingerprint density at radius 2 is 1.96 bits per heavy atom. The van der Waals surface area contributed by atoms with E-state index in [0.717, 1.165) is 24.9 Å². The molecule has 0 aliphatic heterocycles. The Kier molecular flexibility index (Phi) is 6.29. The Labute approximate surface area is 157 Å². The van der Waals surface area contributed by atoms with Crippen molar-refractivity contribution < 1.29 is 14.3 Å². The predicted octanol–water partition coefficient (Wildman–Crippen LogP) is 4.31. The van der Waals surface area contributed by atoms with E-state index >= 15 is 0 Å². The minimum Gasteiger partial charge on any atom is -0.497 e. The Morgan fingerprint density at radius 1 is 1.22 bits per heavy atom. The van der Waals surface area contributed by atoms with E-state index in [1.165, 1.54) is 0 Å². The quantitative estimate of drug-likeness (QED) is 0.636. The number of halogens is 2. The molecule has 1 amide bonds. The van der Waals surface area contributed by atoms with E-state index in [0.29, 0.717) is 17.9 Å². The summed E-state index contributed by atoms with van der Waals surface area (Å²) in [4.78, 5) is 12.5. The molecule has 0 saturated heterocycles. The molecule has 0 unspecified atom stereocenters. The number of methoxy groups -OCH3 is 2. The van der Waals surface area contributed by atoms with E-state index in [-0.39, 0.29) is 5.91 Å². The summed E-state index contributed by atoms with van der Waals surface area (Å²) in [5.41, 5.74) is 2.52. The molecule has 122 valence electrons. The van der Waals surface area contributed by atoms with Gasteiger partial charge in [-0.1, -0.05) is 15.9 Å². The van der Waals surface area contributed by atoms with Crippen LogP contribution in [0.1, 0.15) is 21.5 Å². The molecule has 23 heavy (non-hydrogen) atoms. The first-order chi connectivity index (χ1) is 11.0. The number of benzene rings is 2. The van der Waals surface area contributed by atoms with Crippen LogP contribution in [0.25, 0.3) is 0 Å². The zero-order valence-corrected chi connectivity index (χ0v) is 16.8. The van der Waals surface area contributed by atoms with Gasteiger partial charge in [-0.2, -0.15) is 0 Å². The fourth-order valence-corrected chi connectivity index (χ4v) is 4.26. The van der Waals surface area contributed by atoms with Gasteiger partial charge >= 0.3 is 0 Å².